The number of furan rings is 1. The van der Waals surface area contributed by atoms with E-state index in [-0.39, 0.29) is 71.3 Å². The third kappa shape index (κ3) is 4.77. The van der Waals surface area contributed by atoms with E-state index in [0.717, 1.165) is 4.90 Å². The van der Waals surface area contributed by atoms with E-state index in [4.69, 9.17) is 14.9 Å². The first-order chi connectivity index (χ1) is 13.4. The largest absolute Gasteiger partial charge is 1.00 e. The van der Waals surface area contributed by atoms with Gasteiger partial charge in [0.2, 0.25) is 5.91 Å². The van der Waals surface area contributed by atoms with Gasteiger partial charge in [-0.25, -0.2) is 4.79 Å². The Balaban J connectivity index is 0.00000225. The fourth-order valence-electron chi connectivity index (χ4n) is 3.24. The Kier molecular flexibility index (Phi) is 8.11. The van der Waals surface area contributed by atoms with Gasteiger partial charge in [0.05, 0.1) is 24.8 Å². The second-order valence-electron chi connectivity index (χ2n) is 6.41. The molecule has 3 atom stereocenters. The number of carbonyl (C=O) groups excluding carboxylic acids is 2. The van der Waals surface area contributed by atoms with Crippen LogP contribution in [0.25, 0.3) is 0 Å². The summed E-state index contributed by atoms with van der Waals surface area (Å²) in [6.45, 7) is 1.58. The van der Waals surface area contributed by atoms with Crippen LogP contribution in [0.2, 0.25) is 0 Å². The van der Waals surface area contributed by atoms with Crippen molar-refractivity contribution in [3.63, 3.8) is 0 Å². The molecule has 2 N–H and O–H groups in total. The summed E-state index contributed by atoms with van der Waals surface area (Å²) in [7, 11) is 0. The van der Waals surface area contributed by atoms with Crippen LogP contribution < -0.4 is 56.7 Å². The Hall–Kier alpha value is -1.60. The molecule has 0 radical (unpaired) electrons. The van der Waals surface area contributed by atoms with Crippen molar-refractivity contribution in [2.75, 3.05) is 0 Å². The first kappa shape index (κ1) is 23.7. The van der Waals surface area contributed by atoms with Crippen LogP contribution >= 0.6 is 11.8 Å². The van der Waals surface area contributed by atoms with E-state index >= 15 is 0 Å². The fraction of sp³-hybridized carbons (Fsp3) is 0.389. The average molecular weight is 441 g/mol. The SMILES string of the molecule is CC1=C(C(=O)O)N2C(=O)C(NC(=O)Cc3ccco3)[C@H]2SC1CC(C#N)C#N.[H-].[K+]. The molecule has 2 amide bonds. The van der Waals surface area contributed by atoms with Gasteiger partial charge >= 0.3 is 57.4 Å². The molecule has 3 rings (SSSR count). The molecule has 1 fully saturated rings. The summed E-state index contributed by atoms with van der Waals surface area (Å²) in [5.74, 6) is -2.62. The van der Waals surface area contributed by atoms with Gasteiger partial charge < -0.3 is 16.3 Å². The maximum Gasteiger partial charge on any atom is 1.00 e. The maximum absolute atomic E-state index is 12.5. The quantitative estimate of drug-likeness (QED) is 0.386. The Morgan fingerprint density at radius 3 is 2.69 bits per heavy atom. The van der Waals surface area contributed by atoms with E-state index in [0.29, 0.717) is 11.3 Å². The van der Waals surface area contributed by atoms with Crippen LogP contribution in [-0.4, -0.2) is 44.5 Å². The van der Waals surface area contributed by atoms with Crippen LogP contribution in [0.5, 0.6) is 0 Å². The number of carbonyl (C=O) groups is 3. The molecule has 0 aromatic carbocycles. The van der Waals surface area contributed by atoms with Gasteiger partial charge in [0.1, 0.15) is 28.8 Å². The summed E-state index contributed by atoms with van der Waals surface area (Å²) in [6, 6.07) is 6.17. The first-order valence-corrected chi connectivity index (χ1v) is 9.35. The van der Waals surface area contributed by atoms with Crippen molar-refractivity contribution in [3.8, 4) is 12.1 Å². The third-order valence-corrected chi connectivity index (χ3v) is 6.28. The molecule has 9 nitrogen and oxygen atoms in total. The molecule has 1 aromatic rings. The van der Waals surface area contributed by atoms with Gasteiger partial charge in [-0.1, -0.05) is 0 Å². The summed E-state index contributed by atoms with van der Waals surface area (Å²) in [4.78, 5) is 37.6. The number of nitrogens with zero attached hydrogens (tertiary/aromatic N) is 3. The summed E-state index contributed by atoms with van der Waals surface area (Å²) >= 11 is 1.27. The van der Waals surface area contributed by atoms with Crippen molar-refractivity contribution < 1.29 is 76.7 Å². The topological polar surface area (TPSA) is 147 Å². The van der Waals surface area contributed by atoms with Crippen molar-refractivity contribution in [2.45, 2.75) is 36.4 Å². The summed E-state index contributed by atoms with van der Waals surface area (Å²) < 4.78 is 5.11. The van der Waals surface area contributed by atoms with Gasteiger partial charge in [-0.2, -0.15) is 10.5 Å². The first-order valence-electron chi connectivity index (χ1n) is 8.41. The smallest absolute Gasteiger partial charge is 1.00 e. The molecule has 1 aromatic heterocycles. The molecule has 0 spiro atoms. The van der Waals surface area contributed by atoms with E-state index in [1.807, 2.05) is 12.1 Å². The number of fused-ring (bicyclic) bond motifs is 1. The number of thioether (sulfide) groups is 1. The third-order valence-electron chi connectivity index (χ3n) is 4.64. The maximum atomic E-state index is 12.5. The number of aliphatic carboxylic acids is 1. The number of nitrogens with one attached hydrogen (secondary N) is 1. The second-order valence-corrected chi connectivity index (χ2v) is 7.73. The number of carboxylic acids is 1. The Labute approximate surface area is 215 Å². The summed E-state index contributed by atoms with van der Waals surface area (Å²) in [5.41, 5.74) is 0.280. The van der Waals surface area contributed by atoms with E-state index in [1.165, 1.54) is 18.0 Å². The van der Waals surface area contributed by atoms with E-state index < -0.39 is 40.4 Å². The van der Waals surface area contributed by atoms with Gasteiger partial charge in [-0.05, 0) is 31.1 Å². The van der Waals surface area contributed by atoms with Crippen molar-refractivity contribution in [3.05, 3.63) is 35.4 Å². The minimum atomic E-state index is -1.26. The van der Waals surface area contributed by atoms with Crippen LogP contribution in [0.3, 0.4) is 0 Å². The van der Waals surface area contributed by atoms with Crippen LogP contribution in [-0.2, 0) is 20.8 Å². The number of amides is 2. The molecular formula is C18H17KN4O5S. The van der Waals surface area contributed by atoms with E-state index in [9.17, 15) is 19.5 Å². The number of rotatable bonds is 6. The molecule has 11 heteroatoms. The van der Waals surface area contributed by atoms with Gasteiger partial charge in [0.25, 0.3) is 5.91 Å². The predicted octanol–water partition coefficient (Wildman–Crippen LogP) is -1.88. The zero-order valence-electron chi connectivity index (χ0n) is 16.8. The zero-order chi connectivity index (χ0) is 20.4. The van der Waals surface area contributed by atoms with Crippen LogP contribution in [0, 0.1) is 28.6 Å². The predicted molar refractivity (Wildman–Crippen MR) is 97.1 cm³/mol. The number of carboxylic acid groups (broad SMARTS) is 1. The van der Waals surface area contributed by atoms with Gasteiger partial charge in [-0.3, -0.25) is 14.5 Å². The van der Waals surface area contributed by atoms with E-state index in [2.05, 4.69) is 5.32 Å². The molecule has 2 aliphatic rings. The number of hydrogen-bond acceptors (Lipinski definition) is 7. The van der Waals surface area contributed by atoms with Gasteiger partial charge in [0, 0.05) is 5.25 Å². The van der Waals surface area contributed by atoms with Crippen LogP contribution in [0.15, 0.2) is 34.1 Å². The molecule has 2 aliphatic heterocycles. The van der Waals surface area contributed by atoms with Crippen molar-refractivity contribution in [1.82, 2.24) is 10.2 Å². The number of nitriles is 2. The van der Waals surface area contributed by atoms with Crippen molar-refractivity contribution in [2.24, 2.45) is 5.92 Å². The van der Waals surface area contributed by atoms with Crippen molar-refractivity contribution >= 4 is 29.5 Å². The number of β-lactam (4-membered cyclic amide) rings is 1. The van der Waals surface area contributed by atoms with Gasteiger partial charge in [0.15, 0.2) is 0 Å². The molecule has 0 saturated carbocycles. The van der Waals surface area contributed by atoms with Crippen molar-refractivity contribution in [1.29, 1.82) is 10.5 Å². The number of hydrogen-bond donors (Lipinski definition) is 2. The summed E-state index contributed by atoms with van der Waals surface area (Å²) in [6.07, 6.45) is 1.54. The second kappa shape index (κ2) is 9.93. The van der Waals surface area contributed by atoms with Crippen LogP contribution in [0.1, 0.15) is 20.5 Å². The molecular weight excluding hydrogens is 423 g/mol. The molecule has 2 unspecified atom stereocenters. The Bertz CT molecular complexity index is 925. The monoisotopic (exact) mass is 440 g/mol. The normalized spacial score (nSPS) is 22.7. The summed E-state index contributed by atoms with van der Waals surface area (Å²) in [5, 5.41) is 29.2. The van der Waals surface area contributed by atoms with Gasteiger partial charge in [-0.15, -0.1) is 11.8 Å². The fourth-order valence-corrected chi connectivity index (χ4v) is 4.86. The minimum Gasteiger partial charge on any atom is -1.00 e. The molecule has 3 heterocycles. The molecule has 1 saturated heterocycles. The molecule has 29 heavy (non-hydrogen) atoms. The zero-order valence-corrected chi connectivity index (χ0v) is 19.7. The Morgan fingerprint density at radius 2 is 2.14 bits per heavy atom. The standard InChI is InChI=1S/C18H16N4O5S.K.H/c1-9-12(5-10(7-19)8-20)28-17-14(16(24)22(17)15(9)18(25)26)21-13(23)6-11-3-2-4-27-11;;/h2-4,10,12,14,17H,5-6H2,1H3,(H,21,23)(H,25,26);;/q;+1;-1/t12?,14?,17-;;/m1../s1. The Morgan fingerprint density at radius 1 is 1.45 bits per heavy atom. The molecule has 0 aliphatic carbocycles. The average Bonchev–Trinajstić information content (AvgIpc) is 3.17. The molecule has 146 valence electrons. The van der Waals surface area contributed by atoms with Crippen LogP contribution in [0.4, 0.5) is 0 Å². The molecule has 0 bridgehead atoms. The minimum absolute atomic E-state index is 0. The van der Waals surface area contributed by atoms with E-state index in [1.54, 1.807) is 19.1 Å².